The Kier molecular flexibility index (Phi) is 12.1. The molecule has 0 fully saturated rings. The van der Waals surface area contributed by atoms with Crippen LogP contribution in [0.1, 0.15) is 5.56 Å². The summed E-state index contributed by atoms with van der Waals surface area (Å²) in [5, 5.41) is 0. The quantitative estimate of drug-likeness (QED) is 0.459. The van der Waals surface area contributed by atoms with Gasteiger partial charge in [0.05, 0.1) is 11.4 Å². The second-order valence-electron chi connectivity index (χ2n) is 1.83. The number of hydrogen-bond donors (Lipinski definition) is 1. The van der Waals surface area contributed by atoms with Gasteiger partial charge in [-0.3, -0.25) is 0 Å². The van der Waals surface area contributed by atoms with E-state index in [4.69, 9.17) is 13.3 Å². The third-order valence-electron chi connectivity index (χ3n) is 1.04. The first-order valence-corrected chi connectivity index (χ1v) is 4.16. The van der Waals surface area contributed by atoms with Gasteiger partial charge in [-0.2, -0.15) is 0 Å². The van der Waals surface area contributed by atoms with Gasteiger partial charge in [-0.05, 0) is 5.56 Å². The third-order valence-corrected chi connectivity index (χ3v) is 1.04. The number of benzene rings is 1. The van der Waals surface area contributed by atoms with Crippen molar-refractivity contribution >= 4 is 17.4 Å². The molecule has 3 nitrogen and oxygen atoms in total. The van der Waals surface area contributed by atoms with Crippen LogP contribution in [0.2, 0.25) is 0 Å². The molecule has 0 saturated carbocycles. The standard InChI is InChI=1S/C8H8.Na.H2O3S/c1-2-8-6-4-3-5-7-8;;1-4(2)3/h2-7H,1H2;;(H2,1,2,3)/q;+1;/p-1. The normalized spacial score (nSPS) is 10.0. The summed E-state index contributed by atoms with van der Waals surface area (Å²) >= 11 is -2.86. The Morgan fingerprint density at radius 1 is 1.38 bits per heavy atom. The Bertz CT molecular complexity index is 247. The Morgan fingerprint density at radius 2 is 1.77 bits per heavy atom. The predicted molar refractivity (Wildman–Crippen MR) is 48.1 cm³/mol. The summed E-state index contributed by atoms with van der Waals surface area (Å²) in [5.41, 5.74) is 1.17. The fourth-order valence-corrected chi connectivity index (χ4v) is 0.589. The minimum Gasteiger partial charge on any atom is -0.750 e. The molecule has 0 aromatic heterocycles. The SMILES string of the molecule is C=Cc1ccccc1.O=S([O-])O.[Na+]. The molecule has 0 aliphatic heterocycles. The smallest absolute Gasteiger partial charge is 0.750 e. The van der Waals surface area contributed by atoms with Crippen LogP contribution in [0.15, 0.2) is 36.9 Å². The zero-order valence-corrected chi connectivity index (χ0v) is 10.2. The summed E-state index contributed by atoms with van der Waals surface area (Å²) in [6.07, 6.45) is 1.83. The van der Waals surface area contributed by atoms with E-state index < -0.39 is 11.4 Å². The zero-order chi connectivity index (χ0) is 9.40. The first-order chi connectivity index (χ1) is 5.66. The van der Waals surface area contributed by atoms with E-state index in [1.807, 2.05) is 36.4 Å². The van der Waals surface area contributed by atoms with Gasteiger partial charge in [0.2, 0.25) is 0 Å². The van der Waals surface area contributed by atoms with Crippen molar-refractivity contribution in [3.63, 3.8) is 0 Å². The van der Waals surface area contributed by atoms with Crippen LogP contribution in [0.5, 0.6) is 0 Å². The van der Waals surface area contributed by atoms with Gasteiger partial charge < -0.3 is 9.11 Å². The van der Waals surface area contributed by atoms with E-state index in [-0.39, 0.29) is 29.6 Å². The van der Waals surface area contributed by atoms with Crippen molar-refractivity contribution in [2.24, 2.45) is 0 Å². The molecular weight excluding hydrogens is 199 g/mol. The Morgan fingerprint density at radius 3 is 2.00 bits per heavy atom. The Hall–Kier alpha value is 0.0300. The molecule has 0 radical (unpaired) electrons. The van der Waals surface area contributed by atoms with Crippen LogP contribution in [0.3, 0.4) is 0 Å². The maximum Gasteiger partial charge on any atom is 1.00 e. The molecule has 1 atom stereocenters. The fourth-order valence-electron chi connectivity index (χ4n) is 0.589. The minimum atomic E-state index is -2.86. The molecule has 1 unspecified atom stereocenters. The first kappa shape index (κ1) is 15.5. The minimum absolute atomic E-state index is 0. The summed E-state index contributed by atoms with van der Waals surface area (Å²) in [4.78, 5) is 0. The van der Waals surface area contributed by atoms with Gasteiger partial charge in [-0.25, -0.2) is 4.21 Å². The molecule has 0 saturated heterocycles. The average Bonchev–Trinajstić information content (AvgIpc) is 2.05. The third kappa shape index (κ3) is 12.0. The van der Waals surface area contributed by atoms with E-state index in [1.54, 1.807) is 0 Å². The van der Waals surface area contributed by atoms with Crippen molar-refractivity contribution in [1.29, 1.82) is 0 Å². The topological polar surface area (TPSA) is 60.4 Å². The fraction of sp³-hybridized carbons (Fsp3) is 0. The molecule has 1 aromatic carbocycles. The molecule has 66 valence electrons. The van der Waals surface area contributed by atoms with Crippen LogP contribution in [0.25, 0.3) is 6.08 Å². The Labute approximate surface area is 102 Å². The number of hydrogen-bond acceptors (Lipinski definition) is 2. The van der Waals surface area contributed by atoms with Gasteiger partial charge in [-0.1, -0.05) is 43.0 Å². The van der Waals surface area contributed by atoms with Crippen LogP contribution in [-0.4, -0.2) is 13.3 Å². The van der Waals surface area contributed by atoms with Crippen LogP contribution >= 0.6 is 0 Å². The van der Waals surface area contributed by atoms with E-state index >= 15 is 0 Å². The van der Waals surface area contributed by atoms with Crippen molar-refractivity contribution in [1.82, 2.24) is 0 Å². The van der Waals surface area contributed by atoms with Gasteiger partial charge in [0.15, 0.2) is 0 Å². The molecule has 0 spiro atoms. The maximum absolute atomic E-state index is 8.56. The monoisotopic (exact) mass is 208 g/mol. The molecule has 0 heterocycles. The van der Waals surface area contributed by atoms with Crippen molar-refractivity contribution in [3.8, 4) is 0 Å². The number of rotatable bonds is 1. The van der Waals surface area contributed by atoms with Crippen molar-refractivity contribution in [2.45, 2.75) is 0 Å². The van der Waals surface area contributed by atoms with Gasteiger partial charge >= 0.3 is 29.6 Å². The summed E-state index contributed by atoms with van der Waals surface area (Å²) in [7, 11) is 0. The summed E-state index contributed by atoms with van der Waals surface area (Å²) in [5.74, 6) is 0. The van der Waals surface area contributed by atoms with Crippen molar-refractivity contribution < 1.29 is 42.9 Å². The second-order valence-corrected chi connectivity index (χ2v) is 2.27. The van der Waals surface area contributed by atoms with Crippen LogP contribution in [0.4, 0.5) is 0 Å². The molecule has 0 bridgehead atoms. The molecule has 13 heavy (non-hydrogen) atoms. The molecule has 0 amide bonds. The van der Waals surface area contributed by atoms with E-state index in [1.165, 1.54) is 5.56 Å². The van der Waals surface area contributed by atoms with Gasteiger partial charge in [-0.15, -0.1) is 0 Å². The summed E-state index contributed by atoms with van der Waals surface area (Å²) in [6.45, 7) is 3.63. The van der Waals surface area contributed by atoms with E-state index in [0.29, 0.717) is 0 Å². The summed E-state index contributed by atoms with van der Waals surface area (Å²) in [6, 6.07) is 10.0. The van der Waals surface area contributed by atoms with Crippen molar-refractivity contribution in [2.75, 3.05) is 0 Å². The average molecular weight is 208 g/mol. The van der Waals surface area contributed by atoms with E-state index in [9.17, 15) is 0 Å². The Balaban J connectivity index is 0. The maximum atomic E-state index is 8.56. The van der Waals surface area contributed by atoms with E-state index in [2.05, 4.69) is 6.58 Å². The first-order valence-electron chi connectivity index (χ1n) is 3.12. The van der Waals surface area contributed by atoms with Gasteiger partial charge in [0.1, 0.15) is 0 Å². The molecular formula is C8H9NaO3S. The largest absolute Gasteiger partial charge is 1.00 e. The van der Waals surface area contributed by atoms with Crippen LogP contribution in [0, 0.1) is 0 Å². The van der Waals surface area contributed by atoms with E-state index in [0.717, 1.165) is 0 Å². The molecule has 0 aliphatic carbocycles. The van der Waals surface area contributed by atoms with Crippen LogP contribution in [-0.2, 0) is 11.4 Å². The van der Waals surface area contributed by atoms with Gasteiger partial charge in [0.25, 0.3) is 0 Å². The molecule has 1 N–H and O–H groups in total. The molecule has 5 heteroatoms. The second kappa shape index (κ2) is 10.1. The summed E-state index contributed by atoms with van der Waals surface area (Å²) < 4.78 is 24.1. The molecule has 1 aromatic rings. The van der Waals surface area contributed by atoms with Crippen molar-refractivity contribution in [3.05, 3.63) is 42.5 Å². The van der Waals surface area contributed by atoms with Gasteiger partial charge in [0, 0.05) is 0 Å². The molecule has 1 rings (SSSR count). The van der Waals surface area contributed by atoms with Crippen LogP contribution < -0.4 is 29.6 Å². The predicted octanol–water partition coefficient (Wildman–Crippen LogP) is -1.33. The molecule has 0 aliphatic rings. The zero-order valence-electron chi connectivity index (χ0n) is 7.34.